The molecular formula is C37H70N10O12. The zero-order valence-electron chi connectivity index (χ0n) is 34.2. The van der Waals surface area contributed by atoms with Gasteiger partial charge in [0.25, 0.3) is 11.8 Å². The highest BCUT2D eigenvalue weighted by molar-refractivity contribution is 5.95. The number of hydrogen-bond donors (Lipinski definition) is 14. The minimum atomic E-state index is -2.25. The first-order chi connectivity index (χ1) is 28.1. The zero-order chi connectivity index (χ0) is 44.3. The van der Waals surface area contributed by atoms with Gasteiger partial charge in [-0.05, 0) is 116 Å². The average molecular weight is 847 g/mol. The van der Waals surface area contributed by atoms with Crippen LogP contribution < -0.4 is 54.8 Å². The number of amides is 6. The van der Waals surface area contributed by atoms with Crippen LogP contribution in [0.4, 0.5) is 0 Å². The van der Waals surface area contributed by atoms with Crippen LogP contribution in [0.5, 0.6) is 0 Å². The quantitative estimate of drug-likeness (QED) is 0.0609. The van der Waals surface area contributed by atoms with Crippen molar-refractivity contribution in [2.24, 2.45) is 22.9 Å². The Hall–Kier alpha value is -4.03. The molecule has 0 aromatic rings. The number of esters is 1. The van der Waals surface area contributed by atoms with Crippen LogP contribution in [0.15, 0.2) is 0 Å². The van der Waals surface area contributed by atoms with Crippen LogP contribution in [0.2, 0.25) is 0 Å². The van der Waals surface area contributed by atoms with Gasteiger partial charge in [0.1, 0.15) is 36.4 Å². The first kappa shape index (κ1) is 53.0. The van der Waals surface area contributed by atoms with Crippen LogP contribution in [0.1, 0.15) is 96.3 Å². The van der Waals surface area contributed by atoms with E-state index in [0.717, 1.165) is 7.11 Å². The molecule has 0 aromatic carbocycles. The number of methoxy groups -OCH3 is 1. The highest BCUT2D eigenvalue weighted by Gasteiger charge is 2.37. The minimum absolute atomic E-state index is 0.0281. The van der Waals surface area contributed by atoms with Crippen LogP contribution in [0, 0.1) is 0 Å². The second-order valence-corrected chi connectivity index (χ2v) is 14.7. The van der Waals surface area contributed by atoms with Crippen LogP contribution in [0.3, 0.4) is 0 Å². The van der Waals surface area contributed by atoms with E-state index in [0.29, 0.717) is 64.6 Å². The van der Waals surface area contributed by atoms with Crippen molar-refractivity contribution in [1.29, 1.82) is 0 Å². The van der Waals surface area contributed by atoms with Crippen molar-refractivity contribution in [2.75, 3.05) is 39.8 Å². The van der Waals surface area contributed by atoms with Crippen molar-refractivity contribution in [3.05, 3.63) is 0 Å². The lowest BCUT2D eigenvalue weighted by Crippen LogP contribution is -2.58. The van der Waals surface area contributed by atoms with E-state index in [9.17, 15) is 54.0 Å². The predicted octanol–water partition coefficient (Wildman–Crippen LogP) is -5.16. The summed E-state index contributed by atoms with van der Waals surface area (Å²) in [5.41, 5.74) is 23.2. The molecule has 22 heteroatoms. The maximum absolute atomic E-state index is 13.9. The number of aliphatic hydroxyl groups is 4. The first-order valence-electron chi connectivity index (χ1n) is 20.6. The topological polar surface area (TPSA) is 386 Å². The number of ether oxygens (including phenoxy) is 1. The molecule has 0 bridgehead atoms. The Bertz CT molecular complexity index is 1310. The van der Waals surface area contributed by atoms with Gasteiger partial charge in [-0.15, -0.1) is 0 Å². The Morgan fingerprint density at radius 2 is 0.932 bits per heavy atom. The summed E-state index contributed by atoms with van der Waals surface area (Å²) in [5.74, 6) is -5.68. The number of nitrogens with one attached hydrogen (secondary N) is 6. The number of hydrogen-bond acceptors (Lipinski definition) is 16. The molecule has 340 valence electrons. The van der Waals surface area contributed by atoms with Gasteiger partial charge in [-0.3, -0.25) is 28.8 Å². The fraction of sp³-hybridized carbons (Fsp3) is 0.811. The van der Waals surface area contributed by atoms with E-state index < -0.39 is 96.0 Å². The zero-order valence-corrected chi connectivity index (χ0v) is 34.2. The molecule has 1 aliphatic rings. The normalized spacial score (nSPS) is 28.6. The summed E-state index contributed by atoms with van der Waals surface area (Å²) < 4.78 is 4.88. The van der Waals surface area contributed by atoms with Crippen LogP contribution in [-0.4, -0.2) is 156 Å². The third-order valence-electron chi connectivity index (χ3n) is 9.87. The number of carbonyl (C=O) groups excluding carboxylic acids is 7. The lowest BCUT2D eigenvalue weighted by molar-refractivity contribution is -0.155. The minimum Gasteiger partial charge on any atom is -0.467 e. The molecule has 0 aromatic heterocycles. The molecule has 0 spiro atoms. The number of aliphatic hydroxyl groups excluding tert-OH is 4. The van der Waals surface area contributed by atoms with Gasteiger partial charge < -0.3 is 80.0 Å². The molecule has 1 aliphatic heterocycles. The van der Waals surface area contributed by atoms with Gasteiger partial charge in [0, 0.05) is 13.1 Å². The number of rotatable bonds is 13. The summed E-state index contributed by atoms with van der Waals surface area (Å²) in [4.78, 5) is 92.1. The highest BCUT2D eigenvalue weighted by atomic mass is 16.5. The fourth-order valence-corrected chi connectivity index (χ4v) is 6.18. The second kappa shape index (κ2) is 30.1. The van der Waals surface area contributed by atoms with Crippen molar-refractivity contribution in [3.63, 3.8) is 0 Å². The van der Waals surface area contributed by atoms with Crippen molar-refractivity contribution < 1.29 is 58.7 Å². The molecule has 1 fully saturated rings. The van der Waals surface area contributed by atoms with Gasteiger partial charge in [0.15, 0.2) is 12.2 Å². The van der Waals surface area contributed by atoms with Gasteiger partial charge in [0.05, 0.1) is 13.2 Å². The molecule has 18 N–H and O–H groups in total. The Morgan fingerprint density at radius 1 is 0.559 bits per heavy atom. The van der Waals surface area contributed by atoms with Crippen molar-refractivity contribution in [2.45, 2.75) is 151 Å². The molecule has 9 unspecified atom stereocenters. The molecule has 9 atom stereocenters. The largest absolute Gasteiger partial charge is 0.467 e. The standard InChI is InChI=1S/C37H70N10O12/c1-59-37(58)26-16-6-11-21-43-36(57)30(51)28(49)27(48)29(50)35(56)42-20-10-5-12-22(41)31(52)44-23(13-2-7-17-38)32(53)45-24(14-3-8-18-39)33(54)46-25(34(55)47-26)15-4-9-19-40/h22-30,48-51H,2-21,38-41H2,1H3,(H,42,56)(H,43,57)(H,44,52)(H,45,53)(H,46,54)(H,47,55). The number of nitrogens with two attached hydrogens (primary N) is 4. The molecule has 1 rings (SSSR count). The first-order valence-corrected chi connectivity index (χ1v) is 20.6. The van der Waals surface area contributed by atoms with Gasteiger partial charge in [-0.2, -0.15) is 0 Å². The smallest absolute Gasteiger partial charge is 0.328 e. The van der Waals surface area contributed by atoms with Gasteiger partial charge in [-0.1, -0.05) is 0 Å². The average Bonchev–Trinajstić information content (AvgIpc) is 3.22. The number of carbonyl (C=O) groups is 7. The maximum atomic E-state index is 13.9. The maximum Gasteiger partial charge on any atom is 0.328 e. The molecule has 0 aliphatic carbocycles. The Morgan fingerprint density at radius 3 is 1.32 bits per heavy atom. The summed E-state index contributed by atoms with van der Waals surface area (Å²) in [6.45, 7) is 0.878. The molecule has 6 amide bonds. The predicted molar refractivity (Wildman–Crippen MR) is 214 cm³/mol. The summed E-state index contributed by atoms with van der Waals surface area (Å²) in [6, 6.07) is -5.65. The van der Waals surface area contributed by atoms with E-state index >= 15 is 0 Å². The third kappa shape index (κ3) is 20.2. The number of unbranched alkanes of at least 4 members (excludes halogenated alkanes) is 3. The van der Waals surface area contributed by atoms with E-state index in [4.69, 9.17) is 27.7 Å². The Balaban J connectivity index is 3.44. The van der Waals surface area contributed by atoms with E-state index in [1.165, 1.54) is 0 Å². The van der Waals surface area contributed by atoms with Crippen molar-refractivity contribution >= 4 is 41.4 Å². The third-order valence-corrected chi connectivity index (χ3v) is 9.87. The Kier molecular flexibility index (Phi) is 27.0. The summed E-state index contributed by atoms with van der Waals surface area (Å²) in [6.07, 6.45) is -4.35. The Labute approximate surface area is 345 Å². The van der Waals surface area contributed by atoms with Crippen molar-refractivity contribution in [3.8, 4) is 0 Å². The molecule has 0 saturated carbocycles. The SMILES string of the molecule is COC(=O)C1CCCCNC(=O)C(O)C(O)C(O)C(O)C(=O)NCCCCC(N)C(=O)NC(CCCCN)C(=O)NC(CCCCN)C(=O)NC(CCCCN)C(=O)N1. The highest BCUT2D eigenvalue weighted by Crippen LogP contribution is 2.11. The monoisotopic (exact) mass is 847 g/mol. The molecular weight excluding hydrogens is 776 g/mol. The lowest BCUT2D eigenvalue weighted by Gasteiger charge is -2.27. The van der Waals surface area contributed by atoms with Gasteiger partial charge >= 0.3 is 5.97 Å². The van der Waals surface area contributed by atoms with Gasteiger partial charge in [-0.25, -0.2) is 4.79 Å². The summed E-state index contributed by atoms with van der Waals surface area (Å²) in [7, 11) is 1.13. The van der Waals surface area contributed by atoms with Crippen LogP contribution >= 0.6 is 0 Å². The summed E-state index contributed by atoms with van der Waals surface area (Å²) >= 11 is 0. The van der Waals surface area contributed by atoms with Crippen molar-refractivity contribution in [1.82, 2.24) is 31.9 Å². The van der Waals surface area contributed by atoms with E-state index in [2.05, 4.69) is 31.9 Å². The van der Waals surface area contributed by atoms with E-state index in [1.807, 2.05) is 0 Å². The molecule has 22 nitrogen and oxygen atoms in total. The van der Waals surface area contributed by atoms with Crippen LogP contribution in [0.25, 0.3) is 0 Å². The molecule has 59 heavy (non-hydrogen) atoms. The van der Waals surface area contributed by atoms with Gasteiger partial charge in [0.2, 0.25) is 23.6 Å². The fourth-order valence-electron chi connectivity index (χ4n) is 6.18. The van der Waals surface area contributed by atoms with E-state index in [1.54, 1.807) is 0 Å². The van der Waals surface area contributed by atoms with E-state index in [-0.39, 0.29) is 64.5 Å². The molecule has 1 heterocycles. The molecule has 0 radical (unpaired) electrons. The molecule has 1 saturated heterocycles. The second-order valence-electron chi connectivity index (χ2n) is 14.7. The van der Waals surface area contributed by atoms with Crippen LogP contribution in [-0.2, 0) is 38.3 Å². The lowest BCUT2D eigenvalue weighted by atomic mass is 10.0. The summed E-state index contributed by atoms with van der Waals surface area (Å²) in [5, 5.41) is 56.7.